The number of carbonyl (C=O) groups excluding carboxylic acids is 2. The van der Waals surface area contributed by atoms with Gasteiger partial charge in [-0.3, -0.25) is 14.7 Å². The SMILES string of the molecule is CN(C(=O)Oc1ccc(-c2cccnc2)cc1)[C@H]1CNC1=O. The number of pyridine rings is 1. The van der Waals surface area contributed by atoms with Crippen LogP contribution in [-0.2, 0) is 4.79 Å². The molecule has 0 unspecified atom stereocenters. The fraction of sp³-hybridized carbons (Fsp3) is 0.188. The largest absolute Gasteiger partial charge is 0.415 e. The van der Waals surface area contributed by atoms with Gasteiger partial charge in [-0.15, -0.1) is 0 Å². The Morgan fingerprint density at radius 1 is 1.27 bits per heavy atom. The van der Waals surface area contributed by atoms with Crippen molar-refractivity contribution in [1.29, 1.82) is 0 Å². The van der Waals surface area contributed by atoms with Gasteiger partial charge in [0.25, 0.3) is 0 Å². The monoisotopic (exact) mass is 297 g/mol. The van der Waals surface area contributed by atoms with Crippen LogP contribution in [0.15, 0.2) is 48.8 Å². The molecule has 6 nitrogen and oxygen atoms in total. The van der Waals surface area contributed by atoms with Crippen molar-refractivity contribution in [3.63, 3.8) is 0 Å². The number of carbonyl (C=O) groups is 2. The zero-order chi connectivity index (χ0) is 15.5. The number of nitrogens with zero attached hydrogens (tertiary/aromatic N) is 2. The van der Waals surface area contributed by atoms with Gasteiger partial charge in [0.05, 0.1) is 0 Å². The Kier molecular flexibility index (Phi) is 3.74. The molecule has 22 heavy (non-hydrogen) atoms. The van der Waals surface area contributed by atoms with Gasteiger partial charge in [-0.1, -0.05) is 18.2 Å². The van der Waals surface area contributed by atoms with E-state index in [0.29, 0.717) is 12.3 Å². The number of aromatic nitrogens is 1. The van der Waals surface area contributed by atoms with Crippen molar-refractivity contribution in [2.45, 2.75) is 6.04 Å². The smallest absolute Gasteiger partial charge is 0.410 e. The molecule has 1 aromatic heterocycles. The number of rotatable bonds is 3. The van der Waals surface area contributed by atoms with Crippen molar-refractivity contribution < 1.29 is 14.3 Å². The van der Waals surface area contributed by atoms with Gasteiger partial charge in [0.2, 0.25) is 5.91 Å². The third kappa shape index (κ3) is 2.76. The van der Waals surface area contributed by atoms with Crippen LogP contribution in [0.3, 0.4) is 0 Å². The van der Waals surface area contributed by atoms with Gasteiger partial charge in [-0.2, -0.15) is 0 Å². The van der Waals surface area contributed by atoms with E-state index in [-0.39, 0.29) is 5.91 Å². The molecular formula is C16H15N3O3. The standard InChI is InChI=1S/C16H15N3O3/c1-19(14-10-18-15(14)20)16(21)22-13-6-4-11(5-7-13)12-3-2-8-17-9-12/h2-9,14H,10H2,1H3,(H,18,20)/t14-/m0/s1. The average Bonchev–Trinajstić information content (AvgIpc) is 2.55. The fourth-order valence-electron chi connectivity index (χ4n) is 2.14. The Hall–Kier alpha value is -2.89. The van der Waals surface area contributed by atoms with Gasteiger partial charge in [-0.05, 0) is 29.3 Å². The number of benzene rings is 1. The van der Waals surface area contributed by atoms with E-state index in [4.69, 9.17) is 4.74 Å². The molecule has 6 heteroatoms. The van der Waals surface area contributed by atoms with Crippen LogP contribution in [0.4, 0.5) is 4.79 Å². The van der Waals surface area contributed by atoms with Crippen LogP contribution >= 0.6 is 0 Å². The Morgan fingerprint density at radius 3 is 2.59 bits per heavy atom. The third-order valence-electron chi connectivity index (χ3n) is 3.58. The summed E-state index contributed by atoms with van der Waals surface area (Å²) < 4.78 is 5.26. The van der Waals surface area contributed by atoms with E-state index in [0.717, 1.165) is 11.1 Å². The van der Waals surface area contributed by atoms with Crippen molar-refractivity contribution >= 4 is 12.0 Å². The van der Waals surface area contributed by atoms with Crippen LogP contribution in [0.25, 0.3) is 11.1 Å². The molecule has 0 spiro atoms. The summed E-state index contributed by atoms with van der Waals surface area (Å²) in [4.78, 5) is 28.6. The molecule has 2 heterocycles. The summed E-state index contributed by atoms with van der Waals surface area (Å²) in [6.45, 7) is 0.463. The molecule has 1 aromatic carbocycles. The van der Waals surface area contributed by atoms with Crippen molar-refractivity contribution in [3.05, 3.63) is 48.8 Å². The second-order valence-corrected chi connectivity index (χ2v) is 5.01. The van der Waals surface area contributed by atoms with Crippen molar-refractivity contribution in [2.24, 2.45) is 0 Å². The van der Waals surface area contributed by atoms with Crippen molar-refractivity contribution in [2.75, 3.05) is 13.6 Å². The summed E-state index contributed by atoms with van der Waals surface area (Å²) in [5.41, 5.74) is 1.98. The van der Waals surface area contributed by atoms with Crippen LogP contribution in [0.2, 0.25) is 0 Å². The Bertz CT molecular complexity index is 686. The quantitative estimate of drug-likeness (QED) is 0.875. The maximum Gasteiger partial charge on any atom is 0.415 e. The van der Waals surface area contributed by atoms with Crippen LogP contribution in [-0.4, -0.2) is 41.5 Å². The molecule has 1 saturated heterocycles. The molecule has 3 rings (SSSR count). The van der Waals surface area contributed by atoms with Crippen LogP contribution in [0, 0.1) is 0 Å². The van der Waals surface area contributed by atoms with Crippen LogP contribution in [0.1, 0.15) is 0 Å². The highest BCUT2D eigenvalue weighted by Gasteiger charge is 2.35. The molecule has 1 aliphatic heterocycles. The third-order valence-corrected chi connectivity index (χ3v) is 3.58. The molecule has 0 radical (unpaired) electrons. The summed E-state index contributed by atoms with van der Waals surface area (Å²) in [5, 5.41) is 2.59. The lowest BCUT2D eigenvalue weighted by Crippen LogP contribution is -2.62. The molecular weight excluding hydrogens is 282 g/mol. The van der Waals surface area contributed by atoms with Gasteiger partial charge in [0, 0.05) is 26.0 Å². The Balaban J connectivity index is 1.66. The minimum atomic E-state index is -0.547. The highest BCUT2D eigenvalue weighted by molar-refractivity contribution is 5.91. The number of nitrogens with one attached hydrogen (secondary N) is 1. The molecule has 0 bridgehead atoms. The van der Waals surface area contributed by atoms with Crippen LogP contribution < -0.4 is 10.1 Å². The van der Waals surface area contributed by atoms with Crippen molar-refractivity contribution in [1.82, 2.24) is 15.2 Å². The molecule has 1 atom stereocenters. The Labute approximate surface area is 127 Å². The van der Waals surface area contributed by atoms with E-state index >= 15 is 0 Å². The summed E-state index contributed by atoms with van der Waals surface area (Å²) in [5.74, 6) is 0.274. The molecule has 1 aliphatic rings. The molecule has 2 amide bonds. The molecule has 1 fully saturated rings. The number of hydrogen-bond donors (Lipinski definition) is 1. The van der Waals surface area contributed by atoms with E-state index in [1.54, 1.807) is 31.6 Å². The first-order valence-corrected chi connectivity index (χ1v) is 6.88. The van der Waals surface area contributed by atoms with E-state index < -0.39 is 12.1 Å². The summed E-state index contributed by atoms with van der Waals surface area (Å²) in [6.07, 6.45) is 2.93. The highest BCUT2D eigenvalue weighted by Crippen LogP contribution is 2.22. The number of amides is 2. The van der Waals surface area contributed by atoms with E-state index in [2.05, 4.69) is 10.3 Å². The number of β-lactam (4-membered cyclic amide) rings is 1. The first-order valence-electron chi connectivity index (χ1n) is 6.88. The zero-order valence-electron chi connectivity index (χ0n) is 12.0. The van der Waals surface area contributed by atoms with Gasteiger partial charge in [0.15, 0.2) is 0 Å². The molecule has 2 aromatic rings. The predicted molar refractivity (Wildman–Crippen MR) is 80.3 cm³/mol. The molecule has 112 valence electrons. The van der Waals surface area contributed by atoms with Crippen LogP contribution in [0.5, 0.6) is 5.75 Å². The fourth-order valence-corrected chi connectivity index (χ4v) is 2.14. The zero-order valence-corrected chi connectivity index (χ0v) is 12.0. The Morgan fingerprint density at radius 2 is 2.05 bits per heavy atom. The van der Waals surface area contributed by atoms with Gasteiger partial charge in [-0.25, -0.2) is 4.79 Å². The average molecular weight is 297 g/mol. The first-order chi connectivity index (χ1) is 10.6. The molecule has 0 saturated carbocycles. The summed E-state index contributed by atoms with van der Waals surface area (Å²) in [6, 6.07) is 10.5. The number of hydrogen-bond acceptors (Lipinski definition) is 4. The lowest BCUT2D eigenvalue weighted by Gasteiger charge is -2.33. The number of ether oxygens (including phenoxy) is 1. The van der Waals surface area contributed by atoms with E-state index in [1.807, 2.05) is 24.3 Å². The van der Waals surface area contributed by atoms with E-state index in [9.17, 15) is 9.59 Å². The summed E-state index contributed by atoms with van der Waals surface area (Å²) >= 11 is 0. The number of likely N-dealkylation sites (N-methyl/N-ethyl adjacent to an activating group) is 1. The van der Waals surface area contributed by atoms with Gasteiger partial charge >= 0.3 is 6.09 Å². The lowest BCUT2D eigenvalue weighted by atomic mass is 10.1. The first kappa shape index (κ1) is 14.1. The minimum Gasteiger partial charge on any atom is -0.410 e. The minimum absolute atomic E-state index is 0.161. The molecule has 0 aliphatic carbocycles. The maximum absolute atomic E-state index is 12.0. The van der Waals surface area contributed by atoms with Crippen molar-refractivity contribution in [3.8, 4) is 16.9 Å². The summed E-state index contributed by atoms with van der Waals surface area (Å²) in [7, 11) is 1.55. The second kappa shape index (κ2) is 5.85. The topological polar surface area (TPSA) is 71.5 Å². The van der Waals surface area contributed by atoms with Gasteiger partial charge < -0.3 is 10.1 Å². The normalized spacial score (nSPS) is 16.4. The second-order valence-electron chi connectivity index (χ2n) is 5.01. The lowest BCUT2D eigenvalue weighted by molar-refractivity contribution is -0.131. The maximum atomic E-state index is 12.0. The van der Waals surface area contributed by atoms with Gasteiger partial charge in [0.1, 0.15) is 11.8 Å². The van der Waals surface area contributed by atoms with E-state index in [1.165, 1.54) is 4.90 Å². The molecule has 1 N–H and O–H groups in total. The highest BCUT2D eigenvalue weighted by atomic mass is 16.6. The predicted octanol–water partition coefficient (Wildman–Crippen LogP) is 1.68.